The van der Waals surface area contributed by atoms with Crippen LogP contribution in [0.5, 0.6) is 0 Å². The van der Waals surface area contributed by atoms with Crippen LogP contribution in [-0.4, -0.2) is 24.0 Å². The first-order valence-corrected chi connectivity index (χ1v) is 7.45. The van der Waals surface area contributed by atoms with Gasteiger partial charge in [-0.1, -0.05) is 31.4 Å². The second-order valence-electron chi connectivity index (χ2n) is 5.22. The molecule has 1 atom stereocenters. The third kappa shape index (κ3) is 3.47. The van der Waals surface area contributed by atoms with E-state index in [1.54, 1.807) is 6.07 Å². The summed E-state index contributed by atoms with van der Waals surface area (Å²) in [6.45, 7) is 3.56. The van der Waals surface area contributed by atoms with Crippen LogP contribution in [0.2, 0.25) is 5.02 Å². The number of nitrogens with zero attached hydrogens (tertiary/aromatic N) is 1. The Morgan fingerprint density at radius 3 is 2.58 bits per heavy atom. The molecule has 0 spiro atoms. The smallest absolute Gasteiger partial charge is 0.125 e. The number of nitrogens with two attached hydrogens (primary N) is 1. The summed E-state index contributed by atoms with van der Waals surface area (Å²) in [5.41, 5.74) is 6.83. The number of likely N-dealkylation sites (N-methyl/N-ethyl adjacent to an activating group) is 1. The summed E-state index contributed by atoms with van der Waals surface area (Å²) in [6.07, 6.45) is 4.99. The van der Waals surface area contributed by atoms with E-state index in [2.05, 4.69) is 11.8 Å². The zero-order valence-corrected chi connectivity index (χ0v) is 12.2. The maximum Gasteiger partial charge on any atom is 0.125 e. The van der Waals surface area contributed by atoms with Crippen molar-refractivity contribution >= 4 is 11.6 Å². The molecule has 1 fully saturated rings. The van der Waals surface area contributed by atoms with Crippen LogP contribution in [0.15, 0.2) is 18.2 Å². The first-order chi connectivity index (χ1) is 9.15. The van der Waals surface area contributed by atoms with Crippen molar-refractivity contribution in [3.8, 4) is 0 Å². The lowest BCUT2D eigenvalue weighted by Gasteiger charge is -2.35. The molecule has 0 aliphatic heterocycles. The predicted octanol–water partition coefficient (Wildman–Crippen LogP) is 3.74. The molecule has 1 aromatic carbocycles. The first kappa shape index (κ1) is 14.8. The van der Waals surface area contributed by atoms with Crippen LogP contribution in [0.4, 0.5) is 4.39 Å². The lowest BCUT2D eigenvalue weighted by molar-refractivity contribution is 0.147. The van der Waals surface area contributed by atoms with Crippen LogP contribution >= 0.6 is 11.6 Å². The molecule has 2 N–H and O–H groups in total. The van der Waals surface area contributed by atoms with Gasteiger partial charge in [-0.3, -0.25) is 4.90 Å². The quantitative estimate of drug-likeness (QED) is 0.892. The van der Waals surface area contributed by atoms with E-state index in [9.17, 15) is 4.39 Å². The normalized spacial score (nSPS) is 18.2. The van der Waals surface area contributed by atoms with Crippen LogP contribution in [-0.2, 0) is 0 Å². The monoisotopic (exact) mass is 284 g/mol. The second kappa shape index (κ2) is 6.69. The van der Waals surface area contributed by atoms with Gasteiger partial charge in [-0.15, -0.1) is 0 Å². The third-order valence-electron chi connectivity index (χ3n) is 4.05. The minimum absolute atomic E-state index is 0.0568. The Balaban J connectivity index is 2.25. The molecule has 2 rings (SSSR count). The van der Waals surface area contributed by atoms with Crippen LogP contribution < -0.4 is 5.73 Å². The lowest BCUT2D eigenvalue weighted by Crippen LogP contribution is -2.40. The van der Waals surface area contributed by atoms with Crippen molar-refractivity contribution in [1.29, 1.82) is 0 Å². The predicted molar refractivity (Wildman–Crippen MR) is 77.8 cm³/mol. The Morgan fingerprint density at radius 2 is 2.05 bits per heavy atom. The highest BCUT2D eigenvalue weighted by molar-refractivity contribution is 6.30. The zero-order valence-electron chi connectivity index (χ0n) is 11.4. The van der Waals surface area contributed by atoms with Crippen LogP contribution in [0.3, 0.4) is 0 Å². The van der Waals surface area contributed by atoms with Crippen molar-refractivity contribution < 1.29 is 4.39 Å². The molecule has 0 amide bonds. The highest BCUT2D eigenvalue weighted by atomic mass is 35.5. The summed E-state index contributed by atoms with van der Waals surface area (Å²) >= 11 is 5.96. The van der Waals surface area contributed by atoms with Crippen molar-refractivity contribution in [1.82, 2.24) is 4.90 Å². The molecule has 1 aliphatic carbocycles. The van der Waals surface area contributed by atoms with Crippen molar-refractivity contribution in [2.45, 2.75) is 44.7 Å². The van der Waals surface area contributed by atoms with Gasteiger partial charge in [0.25, 0.3) is 0 Å². The maximum absolute atomic E-state index is 13.5. The van der Waals surface area contributed by atoms with E-state index in [0.29, 0.717) is 17.6 Å². The Hall–Kier alpha value is -0.640. The molecule has 0 radical (unpaired) electrons. The van der Waals surface area contributed by atoms with Gasteiger partial charge in [0.05, 0.1) is 0 Å². The number of halogens is 2. The lowest BCUT2D eigenvalue weighted by atomic mass is 10.0. The summed E-state index contributed by atoms with van der Waals surface area (Å²) in [4.78, 5) is 2.40. The molecule has 0 aromatic heterocycles. The number of hydrogen-bond donors (Lipinski definition) is 1. The molecule has 0 heterocycles. The summed E-state index contributed by atoms with van der Waals surface area (Å²) in [6, 6.07) is 5.35. The fourth-order valence-corrected chi connectivity index (χ4v) is 3.43. The van der Waals surface area contributed by atoms with Crippen LogP contribution in [0.25, 0.3) is 0 Å². The molecular weight excluding hydrogens is 263 g/mol. The highest BCUT2D eigenvalue weighted by Crippen LogP contribution is 2.31. The summed E-state index contributed by atoms with van der Waals surface area (Å²) in [5, 5.41) is 0.441. The van der Waals surface area contributed by atoms with Gasteiger partial charge in [0, 0.05) is 23.7 Å². The SMILES string of the molecule is CCN(C1CCCC1)C(CN)c1cc(F)cc(Cl)c1. The van der Waals surface area contributed by atoms with Crippen molar-refractivity contribution in [3.63, 3.8) is 0 Å². The summed E-state index contributed by atoms with van der Waals surface area (Å²) < 4.78 is 13.5. The Bertz CT molecular complexity index is 398. The Labute approximate surface area is 119 Å². The average Bonchev–Trinajstić information content (AvgIpc) is 2.87. The van der Waals surface area contributed by atoms with Crippen molar-refractivity contribution in [2.75, 3.05) is 13.1 Å². The molecule has 4 heteroatoms. The van der Waals surface area contributed by atoms with Gasteiger partial charge >= 0.3 is 0 Å². The topological polar surface area (TPSA) is 29.3 Å². The van der Waals surface area contributed by atoms with Gasteiger partial charge in [0.2, 0.25) is 0 Å². The fourth-order valence-electron chi connectivity index (χ4n) is 3.20. The first-order valence-electron chi connectivity index (χ1n) is 7.07. The maximum atomic E-state index is 13.5. The Morgan fingerprint density at radius 1 is 1.37 bits per heavy atom. The highest BCUT2D eigenvalue weighted by Gasteiger charge is 2.28. The largest absolute Gasteiger partial charge is 0.329 e. The van der Waals surface area contributed by atoms with Gasteiger partial charge in [-0.2, -0.15) is 0 Å². The number of rotatable bonds is 5. The van der Waals surface area contributed by atoms with Crippen LogP contribution in [0.1, 0.15) is 44.2 Å². The molecule has 0 bridgehead atoms. The van der Waals surface area contributed by atoms with E-state index in [4.69, 9.17) is 17.3 Å². The van der Waals surface area contributed by atoms with Gasteiger partial charge in [0.1, 0.15) is 5.82 Å². The molecule has 1 aliphatic rings. The van der Waals surface area contributed by atoms with Crippen molar-refractivity contribution in [3.05, 3.63) is 34.6 Å². The number of hydrogen-bond acceptors (Lipinski definition) is 2. The zero-order chi connectivity index (χ0) is 13.8. The number of benzene rings is 1. The van der Waals surface area contributed by atoms with Crippen LogP contribution in [0, 0.1) is 5.82 Å². The molecular formula is C15H22ClFN2. The van der Waals surface area contributed by atoms with Gasteiger partial charge in [0.15, 0.2) is 0 Å². The fraction of sp³-hybridized carbons (Fsp3) is 0.600. The summed E-state index contributed by atoms with van der Waals surface area (Å²) in [5.74, 6) is -0.288. The molecule has 1 unspecified atom stereocenters. The molecule has 1 aromatic rings. The van der Waals surface area contributed by atoms with E-state index in [1.807, 2.05) is 6.07 Å². The van der Waals surface area contributed by atoms with Gasteiger partial charge in [-0.25, -0.2) is 4.39 Å². The van der Waals surface area contributed by atoms with Crippen molar-refractivity contribution in [2.24, 2.45) is 5.73 Å². The van der Waals surface area contributed by atoms with Gasteiger partial charge in [-0.05, 0) is 43.1 Å². The average molecular weight is 285 g/mol. The van der Waals surface area contributed by atoms with E-state index >= 15 is 0 Å². The van der Waals surface area contributed by atoms with E-state index in [0.717, 1.165) is 12.1 Å². The minimum atomic E-state index is -0.288. The molecule has 0 saturated heterocycles. The standard InChI is InChI=1S/C15H22ClFN2/c1-2-19(14-5-3-4-6-14)15(10-18)11-7-12(16)9-13(17)8-11/h7-9,14-15H,2-6,10,18H2,1H3. The Kier molecular flexibility index (Phi) is 5.20. The second-order valence-corrected chi connectivity index (χ2v) is 5.66. The van der Waals surface area contributed by atoms with E-state index in [-0.39, 0.29) is 11.9 Å². The summed E-state index contributed by atoms with van der Waals surface area (Å²) in [7, 11) is 0. The molecule has 1 saturated carbocycles. The molecule has 19 heavy (non-hydrogen) atoms. The third-order valence-corrected chi connectivity index (χ3v) is 4.27. The van der Waals surface area contributed by atoms with E-state index in [1.165, 1.54) is 31.7 Å². The molecule has 106 valence electrons. The van der Waals surface area contributed by atoms with Gasteiger partial charge < -0.3 is 5.73 Å². The molecule has 2 nitrogen and oxygen atoms in total. The van der Waals surface area contributed by atoms with E-state index < -0.39 is 0 Å². The minimum Gasteiger partial charge on any atom is -0.329 e.